The van der Waals surface area contributed by atoms with Gasteiger partial charge < -0.3 is 4.90 Å². The minimum absolute atomic E-state index is 0.112. The molecule has 1 N–H and O–H groups in total. The number of hydrogen-bond acceptors (Lipinski definition) is 4. The molecule has 126 valence electrons. The molecule has 4 rings (SSSR count). The number of carbonyl (C=O) groups excluding carboxylic acids is 1. The van der Waals surface area contributed by atoms with Crippen LogP contribution in [0.15, 0.2) is 54.6 Å². The number of benzene rings is 2. The molecule has 0 radical (unpaired) electrons. The number of thiazole rings is 1. The molecule has 0 spiro atoms. The van der Waals surface area contributed by atoms with Crippen molar-refractivity contribution in [2.24, 2.45) is 0 Å². The van der Waals surface area contributed by atoms with E-state index < -0.39 is 0 Å². The first-order chi connectivity index (χ1) is 12.2. The van der Waals surface area contributed by atoms with Gasteiger partial charge in [0, 0.05) is 30.0 Å². The number of rotatable bonds is 3. The van der Waals surface area contributed by atoms with Gasteiger partial charge >= 0.3 is 0 Å². The van der Waals surface area contributed by atoms with Crippen molar-refractivity contribution in [3.05, 3.63) is 70.7 Å². The summed E-state index contributed by atoms with van der Waals surface area (Å²) in [5.41, 5.74) is 4.01. The quantitative estimate of drug-likeness (QED) is 0.776. The summed E-state index contributed by atoms with van der Waals surface area (Å²) in [6.45, 7) is 1.93. The lowest BCUT2D eigenvalue weighted by atomic mass is 10.0. The fourth-order valence-corrected chi connectivity index (χ4v) is 4.07. The molecular formula is C20H19N3OS. The third-order valence-electron chi connectivity index (χ3n) is 4.40. The summed E-state index contributed by atoms with van der Waals surface area (Å²) in [4.78, 5) is 20.6. The largest absolute Gasteiger partial charge is 0.301 e. The van der Waals surface area contributed by atoms with Gasteiger partial charge in [0.25, 0.3) is 5.91 Å². The summed E-state index contributed by atoms with van der Waals surface area (Å²) in [5, 5.41) is 3.63. The lowest BCUT2D eigenvalue weighted by molar-refractivity contribution is 0.102. The first-order valence-corrected chi connectivity index (χ1v) is 9.14. The minimum Gasteiger partial charge on any atom is -0.301 e. The van der Waals surface area contributed by atoms with Crippen LogP contribution in [-0.4, -0.2) is 29.4 Å². The van der Waals surface area contributed by atoms with Gasteiger partial charge in [0.2, 0.25) is 0 Å². The third-order valence-corrected chi connectivity index (χ3v) is 5.39. The van der Waals surface area contributed by atoms with Gasteiger partial charge in [-0.1, -0.05) is 42.5 Å². The molecule has 0 atom stereocenters. The van der Waals surface area contributed by atoms with Crippen LogP contribution in [-0.2, 0) is 13.0 Å². The van der Waals surface area contributed by atoms with E-state index in [1.165, 1.54) is 4.88 Å². The van der Waals surface area contributed by atoms with Gasteiger partial charge in [-0.15, -0.1) is 11.3 Å². The summed E-state index contributed by atoms with van der Waals surface area (Å²) in [5.74, 6) is -0.112. The average Bonchev–Trinajstić information content (AvgIpc) is 3.04. The van der Waals surface area contributed by atoms with Crippen LogP contribution in [0.2, 0.25) is 0 Å². The van der Waals surface area contributed by atoms with E-state index in [2.05, 4.69) is 34.4 Å². The van der Waals surface area contributed by atoms with Crippen LogP contribution in [0.3, 0.4) is 0 Å². The monoisotopic (exact) mass is 349 g/mol. The first-order valence-electron chi connectivity index (χ1n) is 8.33. The first kappa shape index (κ1) is 16.0. The van der Waals surface area contributed by atoms with Crippen LogP contribution < -0.4 is 5.32 Å². The van der Waals surface area contributed by atoms with Crippen molar-refractivity contribution >= 4 is 22.4 Å². The van der Waals surface area contributed by atoms with Gasteiger partial charge in [0.15, 0.2) is 5.13 Å². The van der Waals surface area contributed by atoms with Crippen molar-refractivity contribution in [3.63, 3.8) is 0 Å². The zero-order valence-corrected chi connectivity index (χ0v) is 14.8. The van der Waals surface area contributed by atoms with Gasteiger partial charge in [-0.2, -0.15) is 0 Å². The maximum absolute atomic E-state index is 12.5. The molecule has 0 saturated heterocycles. The van der Waals surface area contributed by atoms with Gasteiger partial charge in [0.1, 0.15) is 0 Å². The predicted octanol–water partition coefficient (Wildman–Crippen LogP) is 4.05. The normalized spacial score (nSPS) is 14.1. The Kier molecular flexibility index (Phi) is 4.34. The maximum atomic E-state index is 12.5. The summed E-state index contributed by atoms with van der Waals surface area (Å²) < 4.78 is 0. The smallest absolute Gasteiger partial charge is 0.257 e. The number of fused-ring (bicyclic) bond motifs is 1. The second-order valence-corrected chi connectivity index (χ2v) is 7.36. The van der Waals surface area contributed by atoms with Crippen molar-refractivity contribution in [2.75, 3.05) is 18.9 Å². The Morgan fingerprint density at radius 2 is 1.80 bits per heavy atom. The van der Waals surface area contributed by atoms with Gasteiger partial charge in [-0.05, 0) is 30.3 Å². The summed E-state index contributed by atoms with van der Waals surface area (Å²) in [7, 11) is 2.11. The number of likely N-dealkylation sites (N-methyl/N-ethyl adjacent to an activating group) is 1. The number of hydrogen-bond donors (Lipinski definition) is 1. The number of aromatic nitrogens is 1. The molecule has 0 aliphatic carbocycles. The average molecular weight is 349 g/mol. The van der Waals surface area contributed by atoms with E-state index >= 15 is 0 Å². The van der Waals surface area contributed by atoms with Crippen molar-refractivity contribution in [3.8, 4) is 11.1 Å². The van der Waals surface area contributed by atoms with E-state index in [0.29, 0.717) is 10.7 Å². The molecule has 0 unspecified atom stereocenters. The second kappa shape index (κ2) is 6.78. The molecule has 1 aliphatic rings. The predicted molar refractivity (Wildman–Crippen MR) is 102 cm³/mol. The Morgan fingerprint density at radius 3 is 2.56 bits per heavy atom. The van der Waals surface area contributed by atoms with Gasteiger partial charge in [0.05, 0.1) is 5.69 Å². The highest BCUT2D eigenvalue weighted by Crippen LogP contribution is 2.28. The van der Waals surface area contributed by atoms with Crippen molar-refractivity contribution in [1.82, 2.24) is 9.88 Å². The molecule has 3 aromatic rings. The Bertz CT molecular complexity index is 887. The number of carbonyl (C=O) groups is 1. The van der Waals surface area contributed by atoms with Crippen molar-refractivity contribution in [1.29, 1.82) is 0 Å². The number of amides is 1. The van der Waals surface area contributed by atoms with Crippen molar-refractivity contribution < 1.29 is 4.79 Å². The highest BCUT2D eigenvalue weighted by molar-refractivity contribution is 7.15. The summed E-state index contributed by atoms with van der Waals surface area (Å²) in [6, 6.07) is 17.8. The Labute approximate surface area is 151 Å². The molecule has 4 nitrogen and oxygen atoms in total. The van der Waals surface area contributed by atoms with Crippen LogP contribution >= 0.6 is 11.3 Å². The molecule has 0 saturated carbocycles. The molecule has 5 heteroatoms. The van der Waals surface area contributed by atoms with Crippen LogP contribution in [0, 0.1) is 0 Å². The van der Waals surface area contributed by atoms with E-state index in [1.807, 2.05) is 42.5 Å². The molecule has 2 heterocycles. The summed E-state index contributed by atoms with van der Waals surface area (Å²) >= 11 is 1.58. The zero-order chi connectivity index (χ0) is 17.2. The zero-order valence-electron chi connectivity index (χ0n) is 14.0. The Hall–Kier alpha value is -2.50. The molecule has 2 aromatic carbocycles. The van der Waals surface area contributed by atoms with E-state index in [1.54, 1.807) is 11.3 Å². The lowest BCUT2D eigenvalue weighted by Gasteiger charge is -2.20. The van der Waals surface area contributed by atoms with E-state index in [9.17, 15) is 4.79 Å². The molecule has 0 fully saturated rings. The van der Waals surface area contributed by atoms with Crippen LogP contribution in [0.4, 0.5) is 5.13 Å². The van der Waals surface area contributed by atoms with E-state index in [0.717, 1.165) is 36.3 Å². The third kappa shape index (κ3) is 3.48. The second-order valence-electron chi connectivity index (χ2n) is 6.27. The molecule has 0 bridgehead atoms. The Balaban J connectivity index is 1.48. The minimum atomic E-state index is -0.112. The lowest BCUT2D eigenvalue weighted by Crippen LogP contribution is -2.25. The molecular weight excluding hydrogens is 330 g/mol. The summed E-state index contributed by atoms with van der Waals surface area (Å²) in [6.07, 6.45) is 0.948. The number of nitrogens with zero attached hydrogens (tertiary/aromatic N) is 2. The molecule has 1 aromatic heterocycles. The van der Waals surface area contributed by atoms with Crippen LogP contribution in [0.25, 0.3) is 11.1 Å². The highest BCUT2D eigenvalue weighted by Gasteiger charge is 2.19. The van der Waals surface area contributed by atoms with Gasteiger partial charge in [-0.25, -0.2) is 4.98 Å². The van der Waals surface area contributed by atoms with E-state index in [-0.39, 0.29) is 5.91 Å². The molecule has 1 amide bonds. The maximum Gasteiger partial charge on any atom is 0.257 e. The van der Waals surface area contributed by atoms with Gasteiger partial charge in [-0.3, -0.25) is 10.1 Å². The number of anilines is 1. The Morgan fingerprint density at radius 1 is 1.08 bits per heavy atom. The fourth-order valence-electron chi connectivity index (χ4n) is 2.99. The molecule has 25 heavy (non-hydrogen) atoms. The molecule has 1 aliphatic heterocycles. The van der Waals surface area contributed by atoms with Crippen LogP contribution in [0.5, 0.6) is 0 Å². The van der Waals surface area contributed by atoms with E-state index in [4.69, 9.17) is 0 Å². The SMILES string of the molecule is CN1CCc2nc(NC(=O)c3ccc(-c4ccccc4)cc3)sc2C1. The highest BCUT2D eigenvalue weighted by atomic mass is 32.1. The van der Waals surface area contributed by atoms with Crippen molar-refractivity contribution in [2.45, 2.75) is 13.0 Å². The standard InChI is InChI=1S/C20H19N3OS/c1-23-12-11-17-18(13-23)25-20(21-17)22-19(24)16-9-7-15(8-10-16)14-5-3-2-4-6-14/h2-10H,11-13H2,1H3,(H,21,22,24). The number of nitrogens with one attached hydrogen (secondary N) is 1. The fraction of sp³-hybridized carbons (Fsp3) is 0.200. The van der Waals surface area contributed by atoms with Crippen LogP contribution in [0.1, 0.15) is 20.9 Å². The topological polar surface area (TPSA) is 45.2 Å².